The second-order valence-electron chi connectivity index (χ2n) is 2.93. The van der Waals surface area contributed by atoms with Gasteiger partial charge in [0.25, 0.3) is 0 Å². The minimum atomic E-state index is -0.308. The first-order chi connectivity index (χ1) is 7.11. The zero-order valence-electron chi connectivity index (χ0n) is 8.24. The first-order valence-electron chi connectivity index (χ1n) is 4.34. The molecule has 0 saturated carbocycles. The molecule has 0 aromatic heterocycles. The van der Waals surface area contributed by atoms with Gasteiger partial charge >= 0.3 is 5.97 Å². The molecule has 0 amide bonds. The van der Waals surface area contributed by atoms with Gasteiger partial charge in [0.2, 0.25) is 0 Å². The molecule has 0 unspecified atom stereocenters. The Bertz CT molecular complexity index is 365. The van der Waals surface area contributed by atoms with Crippen LogP contribution in [-0.2, 0) is 9.53 Å². The van der Waals surface area contributed by atoms with Gasteiger partial charge < -0.3 is 9.84 Å². The lowest BCUT2D eigenvalue weighted by atomic mass is 10.2. The Balaban J connectivity index is 2.68. The number of aromatic hydroxyl groups is 1. The van der Waals surface area contributed by atoms with Crippen LogP contribution in [0.2, 0.25) is 5.02 Å². The standard InChI is InChI=1S/C11H11ClO3/c1-15-11(14)4-2-3-8-5-9(12)7-10(13)6-8/h2-3,5-7,13H,4H2,1H3. The van der Waals surface area contributed by atoms with Crippen molar-refractivity contribution >= 4 is 23.6 Å². The molecule has 0 radical (unpaired) electrons. The number of phenols is 1. The molecule has 4 heteroatoms. The topological polar surface area (TPSA) is 46.5 Å². The summed E-state index contributed by atoms with van der Waals surface area (Å²) in [4.78, 5) is 10.8. The number of benzene rings is 1. The van der Waals surface area contributed by atoms with E-state index in [1.54, 1.807) is 24.3 Å². The number of hydrogen-bond donors (Lipinski definition) is 1. The van der Waals surface area contributed by atoms with Gasteiger partial charge in [0.1, 0.15) is 5.75 Å². The van der Waals surface area contributed by atoms with Crippen LogP contribution in [0, 0.1) is 0 Å². The molecule has 0 aliphatic rings. The van der Waals surface area contributed by atoms with Crippen molar-refractivity contribution in [2.75, 3.05) is 7.11 Å². The van der Waals surface area contributed by atoms with E-state index in [0.29, 0.717) is 5.02 Å². The molecular formula is C11H11ClO3. The molecule has 1 N–H and O–H groups in total. The van der Waals surface area contributed by atoms with Crippen LogP contribution in [0.25, 0.3) is 6.08 Å². The highest BCUT2D eigenvalue weighted by molar-refractivity contribution is 6.30. The molecule has 0 spiro atoms. The number of ether oxygens (including phenoxy) is 1. The van der Waals surface area contributed by atoms with Gasteiger partial charge in [0.15, 0.2) is 0 Å². The molecule has 1 aromatic carbocycles. The van der Waals surface area contributed by atoms with Gasteiger partial charge in [-0.15, -0.1) is 0 Å². The highest BCUT2D eigenvalue weighted by Gasteiger charge is 1.97. The highest BCUT2D eigenvalue weighted by atomic mass is 35.5. The Morgan fingerprint density at radius 2 is 2.27 bits per heavy atom. The third-order valence-electron chi connectivity index (χ3n) is 1.73. The number of rotatable bonds is 3. The fourth-order valence-corrected chi connectivity index (χ4v) is 1.30. The van der Waals surface area contributed by atoms with Gasteiger partial charge in [-0.1, -0.05) is 23.8 Å². The van der Waals surface area contributed by atoms with Gasteiger partial charge in [-0.2, -0.15) is 0 Å². The van der Waals surface area contributed by atoms with Crippen LogP contribution in [-0.4, -0.2) is 18.2 Å². The molecule has 15 heavy (non-hydrogen) atoms. The smallest absolute Gasteiger partial charge is 0.309 e. The van der Waals surface area contributed by atoms with Crippen LogP contribution >= 0.6 is 11.6 Å². The molecular weight excluding hydrogens is 216 g/mol. The number of phenolic OH excluding ortho intramolecular Hbond substituents is 1. The number of hydrogen-bond acceptors (Lipinski definition) is 3. The number of halogens is 1. The zero-order valence-corrected chi connectivity index (χ0v) is 8.99. The number of carbonyl (C=O) groups excluding carboxylic acids is 1. The van der Waals surface area contributed by atoms with Crippen LogP contribution in [0.4, 0.5) is 0 Å². The second kappa shape index (κ2) is 5.41. The van der Waals surface area contributed by atoms with Crippen LogP contribution in [0.15, 0.2) is 24.3 Å². The fourth-order valence-electron chi connectivity index (χ4n) is 1.07. The maximum Gasteiger partial charge on any atom is 0.309 e. The Morgan fingerprint density at radius 3 is 2.87 bits per heavy atom. The number of carbonyl (C=O) groups is 1. The highest BCUT2D eigenvalue weighted by Crippen LogP contribution is 2.20. The van der Waals surface area contributed by atoms with Crippen molar-refractivity contribution in [2.24, 2.45) is 0 Å². The lowest BCUT2D eigenvalue weighted by molar-refractivity contribution is -0.139. The molecule has 3 nitrogen and oxygen atoms in total. The van der Waals surface area contributed by atoms with Gasteiger partial charge in [-0.3, -0.25) is 4.79 Å². The first-order valence-corrected chi connectivity index (χ1v) is 4.72. The molecule has 0 aliphatic heterocycles. The van der Waals surface area contributed by atoms with Crippen LogP contribution in [0.5, 0.6) is 5.75 Å². The first kappa shape index (κ1) is 11.6. The minimum Gasteiger partial charge on any atom is -0.508 e. The summed E-state index contributed by atoms with van der Waals surface area (Å²) in [6, 6.07) is 4.69. The maximum atomic E-state index is 10.8. The van der Waals surface area contributed by atoms with E-state index in [9.17, 15) is 9.90 Å². The molecule has 0 bridgehead atoms. The van der Waals surface area contributed by atoms with E-state index in [1.165, 1.54) is 13.2 Å². The molecule has 1 rings (SSSR count). The van der Waals surface area contributed by atoms with E-state index in [-0.39, 0.29) is 18.1 Å². The number of methoxy groups -OCH3 is 1. The summed E-state index contributed by atoms with van der Waals surface area (Å²) in [6.07, 6.45) is 3.54. The Hall–Kier alpha value is -1.48. The van der Waals surface area contributed by atoms with E-state index in [1.807, 2.05) is 0 Å². The van der Waals surface area contributed by atoms with Gasteiger partial charge in [-0.05, 0) is 23.8 Å². The molecule has 0 heterocycles. The average Bonchev–Trinajstić information content (AvgIpc) is 2.16. The third kappa shape index (κ3) is 4.04. The molecule has 0 aliphatic carbocycles. The normalized spacial score (nSPS) is 10.5. The Morgan fingerprint density at radius 1 is 1.53 bits per heavy atom. The van der Waals surface area contributed by atoms with Gasteiger partial charge in [-0.25, -0.2) is 0 Å². The third-order valence-corrected chi connectivity index (χ3v) is 1.95. The number of esters is 1. The quantitative estimate of drug-likeness (QED) is 0.806. The van der Waals surface area contributed by atoms with Gasteiger partial charge in [0, 0.05) is 5.02 Å². The van der Waals surface area contributed by atoms with Crippen molar-refractivity contribution in [3.05, 3.63) is 34.9 Å². The minimum absolute atomic E-state index is 0.0974. The summed E-state index contributed by atoms with van der Waals surface area (Å²) in [5, 5.41) is 9.69. The lowest BCUT2D eigenvalue weighted by Crippen LogP contribution is -1.96. The maximum absolute atomic E-state index is 10.8. The predicted octanol–water partition coefficient (Wildman–Crippen LogP) is 2.62. The average molecular weight is 227 g/mol. The van der Waals surface area contributed by atoms with Crippen molar-refractivity contribution < 1.29 is 14.6 Å². The Kier molecular flexibility index (Phi) is 4.18. The fraction of sp³-hybridized carbons (Fsp3) is 0.182. The molecule has 0 saturated heterocycles. The van der Waals surface area contributed by atoms with Crippen molar-refractivity contribution in [2.45, 2.75) is 6.42 Å². The Labute approximate surface area is 92.9 Å². The van der Waals surface area contributed by atoms with Crippen molar-refractivity contribution in [3.63, 3.8) is 0 Å². The molecule has 1 aromatic rings. The van der Waals surface area contributed by atoms with Crippen LogP contribution < -0.4 is 0 Å². The van der Waals surface area contributed by atoms with Crippen LogP contribution in [0.1, 0.15) is 12.0 Å². The largest absolute Gasteiger partial charge is 0.508 e. The summed E-state index contributed by atoms with van der Waals surface area (Å²) in [7, 11) is 1.33. The van der Waals surface area contributed by atoms with Crippen LogP contribution in [0.3, 0.4) is 0 Å². The SMILES string of the molecule is COC(=O)CC=Cc1cc(O)cc(Cl)c1. The van der Waals surface area contributed by atoms with E-state index < -0.39 is 0 Å². The predicted molar refractivity (Wildman–Crippen MR) is 58.8 cm³/mol. The zero-order chi connectivity index (χ0) is 11.3. The summed E-state index contributed by atoms with van der Waals surface area (Å²) in [5.74, 6) is -0.210. The molecule has 0 fully saturated rings. The van der Waals surface area contributed by atoms with Gasteiger partial charge in [0.05, 0.1) is 13.5 Å². The van der Waals surface area contributed by atoms with Crippen molar-refractivity contribution in [3.8, 4) is 5.75 Å². The molecule has 80 valence electrons. The van der Waals surface area contributed by atoms with E-state index in [0.717, 1.165) is 5.56 Å². The summed E-state index contributed by atoms with van der Waals surface area (Å²) < 4.78 is 4.47. The van der Waals surface area contributed by atoms with Crippen molar-refractivity contribution in [1.82, 2.24) is 0 Å². The molecule has 0 atom stereocenters. The summed E-state index contributed by atoms with van der Waals surface area (Å²) >= 11 is 5.73. The lowest BCUT2D eigenvalue weighted by Gasteiger charge is -1.97. The van der Waals surface area contributed by atoms with E-state index in [2.05, 4.69) is 4.74 Å². The monoisotopic (exact) mass is 226 g/mol. The summed E-state index contributed by atoms with van der Waals surface area (Å²) in [5.41, 5.74) is 0.740. The summed E-state index contributed by atoms with van der Waals surface area (Å²) in [6.45, 7) is 0. The second-order valence-corrected chi connectivity index (χ2v) is 3.36. The van der Waals surface area contributed by atoms with Crippen molar-refractivity contribution in [1.29, 1.82) is 0 Å². The van der Waals surface area contributed by atoms with E-state index in [4.69, 9.17) is 11.6 Å². The van der Waals surface area contributed by atoms with E-state index >= 15 is 0 Å².